The Hall–Kier alpha value is -2.48. The predicted octanol–water partition coefficient (Wildman–Crippen LogP) is 3.51. The third-order valence-electron chi connectivity index (χ3n) is 5.81. The SMILES string of the molecule is Cc1ccc([C@@H]2C(=C(O)c3ccc(Br)cc3)C(=O)C(=O)N2CCN2CCOCC2)cc1. The van der Waals surface area contributed by atoms with E-state index in [0.29, 0.717) is 31.9 Å². The number of halogens is 1. The summed E-state index contributed by atoms with van der Waals surface area (Å²) in [6.07, 6.45) is 0. The molecule has 7 heteroatoms. The van der Waals surface area contributed by atoms with E-state index in [1.807, 2.05) is 31.2 Å². The van der Waals surface area contributed by atoms with Gasteiger partial charge in [0.25, 0.3) is 11.7 Å². The van der Waals surface area contributed by atoms with Crippen LogP contribution in [0, 0.1) is 6.92 Å². The fourth-order valence-corrected chi connectivity index (χ4v) is 4.31. The first-order valence-electron chi connectivity index (χ1n) is 10.4. The van der Waals surface area contributed by atoms with Gasteiger partial charge < -0.3 is 14.7 Å². The molecule has 0 aliphatic carbocycles. The molecule has 4 rings (SSSR count). The summed E-state index contributed by atoms with van der Waals surface area (Å²) >= 11 is 3.38. The van der Waals surface area contributed by atoms with Crippen LogP contribution in [-0.2, 0) is 14.3 Å². The first-order chi connectivity index (χ1) is 15.0. The van der Waals surface area contributed by atoms with E-state index in [0.717, 1.165) is 28.7 Å². The Morgan fingerprint density at radius 1 is 1.03 bits per heavy atom. The Bertz CT molecular complexity index is 995. The number of morpholine rings is 1. The Morgan fingerprint density at radius 2 is 1.68 bits per heavy atom. The molecular weight excluding hydrogens is 460 g/mol. The summed E-state index contributed by atoms with van der Waals surface area (Å²) in [4.78, 5) is 29.9. The van der Waals surface area contributed by atoms with Crippen molar-refractivity contribution >= 4 is 33.4 Å². The zero-order chi connectivity index (χ0) is 22.0. The van der Waals surface area contributed by atoms with Crippen molar-refractivity contribution < 1.29 is 19.4 Å². The summed E-state index contributed by atoms with van der Waals surface area (Å²) in [6.45, 7) is 5.99. The number of amides is 1. The summed E-state index contributed by atoms with van der Waals surface area (Å²) in [5.74, 6) is -1.37. The lowest BCUT2D eigenvalue weighted by molar-refractivity contribution is -0.140. The highest BCUT2D eigenvalue weighted by atomic mass is 79.9. The van der Waals surface area contributed by atoms with Gasteiger partial charge in [-0.05, 0) is 24.6 Å². The van der Waals surface area contributed by atoms with Gasteiger partial charge in [-0.3, -0.25) is 14.5 Å². The monoisotopic (exact) mass is 484 g/mol. The maximum Gasteiger partial charge on any atom is 0.295 e. The lowest BCUT2D eigenvalue weighted by atomic mass is 9.95. The molecule has 1 amide bonds. The number of hydrogen-bond donors (Lipinski definition) is 1. The highest BCUT2D eigenvalue weighted by Crippen LogP contribution is 2.39. The van der Waals surface area contributed by atoms with Crippen LogP contribution in [0.5, 0.6) is 0 Å². The van der Waals surface area contributed by atoms with E-state index in [4.69, 9.17) is 4.74 Å². The van der Waals surface area contributed by atoms with Crippen LogP contribution in [0.4, 0.5) is 0 Å². The first-order valence-corrected chi connectivity index (χ1v) is 11.2. The van der Waals surface area contributed by atoms with Crippen molar-refractivity contribution in [3.05, 3.63) is 75.3 Å². The molecule has 2 aromatic rings. The quantitative estimate of drug-likeness (QED) is 0.399. The van der Waals surface area contributed by atoms with E-state index in [9.17, 15) is 14.7 Å². The minimum absolute atomic E-state index is 0.137. The highest BCUT2D eigenvalue weighted by molar-refractivity contribution is 9.10. The molecule has 0 radical (unpaired) electrons. The highest BCUT2D eigenvalue weighted by Gasteiger charge is 2.46. The molecule has 162 valence electrons. The maximum atomic E-state index is 13.0. The van der Waals surface area contributed by atoms with Crippen LogP contribution in [0.1, 0.15) is 22.7 Å². The standard InChI is InChI=1S/C24H25BrN2O4/c1-16-2-4-17(5-3-16)21-20(22(28)18-6-8-19(25)9-7-18)23(29)24(30)27(21)11-10-26-12-14-31-15-13-26/h2-9,21,28H,10-15H2,1H3/t21-/m1/s1. The van der Waals surface area contributed by atoms with Gasteiger partial charge in [-0.25, -0.2) is 0 Å². The molecule has 1 N–H and O–H groups in total. The number of aryl methyl sites for hydroxylation is 1. The smallest absolute Gasteiger partial charge is 0.295 e. The minimum atomic E-state index is -0.645. The number of ketones is 1. The van der Waals surface area contributed by atoms with Gasteiger partial charge in [-0.2, -0.15) is 0 Å². The molecule has 2 aliphatic heterocycles. The second-order valence-electron chi connectivity index (χ2n) is 7.86. The van der Waals surface area contributed by atoms with Crippen LogP contribution in [0.25, 0.3) is 5.76 Å². The number of carbonyl (C=O) groups excluding carboxylic acids is 2. The van der Waals surface area contributed by atoms with Crippen LogP contribution in [0.15, 0.2) is 58.6 Å². The first kappa shape index (κ1) is 21.7. The van der Waals surface area contributed by atoms with Crippen molar-refractivity contribution in [2.24, 2.45) is 0 Å². The molecule has 2 fully saturated rings. The number of carbonyl (C=O) groups is 2. The van der Waals surface area contributed by atoms with Gasteiger partial charge in [-0.1, -0.05) is 57.9 Å². The van der Waals surface area contributed by atoms with Crippen LogP contribution in [0.2, 0.25) is 0 Å². The lowest BCUT2D eigenvalue weighted by Gasteiger charge is -2.31. The van der Waals surface area contributed by atoms with Gasteiger partial charge in [0.05, 0.1) is 24.8 Å². The van der Waals surface area contributed by atoms with Gasteiger partial charge in [0.2, 0.25) is 0 Å². The number of likely N-dealkylation sites (tertiary alicyclic amines) is 1. The number of aliphatic hydroxyl groups is 1. The second kappa shape index (κ2) is 9.34. The van der Waals surface area contributed by atoms with Crippen molar-refractivity contribution in [2.45, 2.75) is 13.0 Å². The Morgan fingerprint density at radius 3 is 2.32 bits per heavy atom. The number of hydrogen-bond acceptors (Lipinski definition) is 5. The average molecular weight is 485 g/mol. The van der Waals surface area contributed by atoms with E-state index in [1.54, 1.807) is 29.2 Å². The number of nitrogens with zero attached hydrogens (tertiary/aromatic N) is 2. The van der Waals surface area contributed by atoms with Gasteiger partial charge in [0.1, 0.15) is 5.76 Å². The van der Waals surface area contributed by atoms with E-state index < -0.39 is 17.7 Å². The summed E-state index contributed by atoms with van der Waals surface area (Å²) in [7, 11) is 0. The molecule has 6 nitrogen and oxygen atoms in total. The topological polar surface area (TPSA) is 70.1 Å². The van der Waals surface area contributed by atoms with Crippen LogP contribution in [-0.4, -0.2) is 66.0 Å². The van der Waals surface area contributed by atoms with Crippen molar-refractivity contribution in [1.29, 1.82) is 0 Å². The van der Waals surface area contributed by atoms with Crippen LogP contribution < -0.4 is 0 Å². The Labute approximate surface area is 190 Å². The molecule has 0 saturated carbocycles. The third kappa shape index (κ3) is 4.59. The predicted molar refractivity (Wildman–Crippen MR) is 122 cm³/mol. The van der Waals surface area contributed by atoms with E-state index in [-0.39, 0.29) is 11.3 Å². The fraction of sp³-hybridized carbons (Fsp3) is 0.333. The van der Waals surface area contributed by atoms with E-state index in [2.05, 4.69) is 20.8 Å². The summed E-state index contributed by atoms with van der Waals surface area (Å²) < 4.78 is 6.26. The van der Waals surface area contributed by atoms with Gasteiger partial charge in [0.15, 0.2) is 0 Å². The van der Waals surface area contributed by atoms with E-state index in [1.165, 1.54) is 0 Å². The van der Waals surface area contributed by atoms with Gasteiger partial charge >= 0.3 is 0 Å². The number of ether oxygens (including phenoxy) is 1. The largest absolute Gasteiger partial charge is 0.507 e. The zero-order valence-corrected chi connectivity index (χ0v) is 19.0. The van der Waals surface area contributed by atoms with Crippen molar-refractivity contribution in [2.75, 3.05) is 39.4 Å². The average Bonchev–Trinajstić information content (AvgIpc) is 3.04. The molecule has 0 spiro atoms. The molecule has 0 unspecified atom stereocenters. The summed E-state index contributed by atoms with van der Waals surface area (Å²) in [6, 6.07) is 14.2. The molecule has 1 atom stereocenters. The minimum Gasteiger partial charge on any atom is -0.507 e. The normalized spacial score (nSPS) is 21.6. The van der Waals surface area contributed by atoms with Gasteiger partial charge in [-0.15, -0.1) is 0 Å². The molecule has 2 aliphatic rings. The second-order valence-corrected chi connectivity index (χ2v) is 8.78. The molecule has 2 aromatic carbocycles. The van der Waals surface area contributed by atoms with Crippen molar-refractivity contribution in [3.8, 4) is 0 Å². The summed E-state index contributed by atoms with van der Waals surface area (Å²) in [5, 5.41) is 11.1. The fourth-order valence-electron chi connectivity index (χ4n) is 4.04. The van der Waals surface area contributed by atoms with E-state index >= 15 is 0 Å². The zero-order valence-electron chi connectivity index (χ0n) is 17.4. The maximum absolute atomic E-state index is 13.0. The summed E-state index contributed by atoms with van der Waals surface area (Å²) in [5.41, 5.74) is 2.54. The molecule has 0 bridgehead atoms. The Balaban J connectivity index is 1.72. The molecule has 31 heavy (non-hydrogen) atoms. The molecular formula is C24H25BrN2O4. The lowest BCUT2D eigenvalue weighted by Crippen LogP contribution is -2.42. The molecule has 0 aromatic heterocycles. The number of aliphatic hydroxyl groups excluding tert-OH is 1. The Kier molecular flexibility index (Phi) is 6.55. The van der Waals surface area contributed by atoms with Crippen molar-refractivity contribution in [1.82, 2.24) is 9.80 Å². The number of Topliss-reactive ketones (excluding diaryl/α,β-unsaturated/α-hetero) is 1. The third-order valence-corrected chi connectivity index (χ3v) is 6.34. The molecule has 2 saturated heterocycles. The van der Waals surface area contributed by atoms with Crippen LogP contribution in [0.3, 0.4) is 0 Å². The number of rotatable bonds is 5. The van der Waals surface area contributed by atoms with Crippen LogP contribution >= 0.6 is 15.9 Å². The van der Waals surface area contributed by atoms with Crippen molar-refractivity contribution in [3.63, 3.8) is 0 Å². The molecule has 2 heterocycles. The van der Waals surface area contributed by atoms with Gasteiger partial charge in [0, 0.05) is 36.2 Å². The number of benzene rings is 2.